The molecular formula is C19H28N2O2. The summed E-state index contributed by atoms with van der Waals surface area (Å²) in [7, 11) is 0. The topological polar surface area (TPSA) is 52.6 Å². The predicted octanol–water partition coefficient (Wildman–Crippen LogP) is 1.97. The highest BCUT2D eigenvalue weighted by atomic mass is 16.3. The summed E-state index contributed by atoms with van der Waals surface area (Å²) < 4.78 is 0. The highest BCUT2D eigenvalue weighted by Gasteiger charge is 2.35. The summed E-state index contributed by atoms with van der Waals surface area (Å²) in [6.45, 7) is 1.82. The molecule has 2 N–H and O–H groups in total. The Bertz CT molecular complexity index is 505. The van der Waals surface area contributed by atoms with Gasteiger partial charge in [0.05, 0.1) is 18.7 Å². The number of aliphatic hydroxyl groups excluding tert-OH is 1. The van der Waals surface area contributed by atoms with Crippen molar-refractivity contribution < 1.29 is 9.90 Å². The van der Waals surface area contributed by atoms with Crippen LogP contribution < -0.4 is 5.32 Å². The van der Waals surface area contributed by atoms with Crippen LogP contribution in [0.4, 0.5) is 0 Å². The molecule has 0 radical (unpaired) electrons. The second-order valence-corrected chi connectivity index (χ2v) is 6.93. The second-order valence-electron chi connectivity index (χ2n) is 6.93. The average Bonchev–Trinajstić information content (AvgIpc) is 3.09. The lowest BCUT2D eigenvalue weighted by Crippen LogP contribution is -2.52. The molecule has 2 aliphatic rings. The number of aryl methyl sites for hydroxylation is 1. The van der Waals surface area contributed by atoms with E-state index in [4.69, 9.17) is 0 Å². The van der Waals surface area contributed by atoms with Gasteiger partial charge in [-0.2, -0.15) is 0 Å². The van der Waals surface area contributed by atoms with Crippen molar-refractivity contribution >= 4 is 5.91 Å². The van der Waals surface area contributed by atoms with Crippen LogP contribution >= 0.6 is 0 Å². The van der Waals surface area contributed by atoms with E-state index in [-0.39, 0.29) is 24.6 Å². The molecule has 1 aromatic carbocycles. The number of nitrogens with one attached hydrogen (secondary N) is 1. The van der Waals surface area contributed by atoms with Gasteiger partial charge in [0.1, 0.15) is 0 Å². The molecule has 126 valence electrons. The van der Waals surface area contributed by atoms with Gasteiger partial charge in [-0.05, 0) is 56.6 Å². The number of benzene rings is 1. The SMILES string of the molecule is O=C(C1CC(CCc2ccccc2)CCN1)N1CCC[C@H]1CO. The van der Waals surface area contributed by atoms with Gasteiger partial charge in [-0.3, -0.25) is 4.79 Å². The number of hydrogen-bond acceptors (Lipinski definition) is 3. The average molecular weight is 316 g/mol. The molecule has 1 amide bonds. The van der Waals surface area contributed by atoms with E-state index in [0.29, 0.717) is 5.92 Å². The maximum absolute atomic E-state index is 12.7. The number of hydrogen-bond donors (Lipinski definition) is 2. The van der Waals surface area contributed by atoms with E-state index in [9.17, 15) is 9.90 Å². The van der Waals surface area contributed by atoms with Crippen LogP contribution in [0.3, 0.4) is 0 Å². The van der Waals surface area contributed by atoms with Gasteiger partial charge in [0.15, 0.2) is 0 Å². The number of carbonyl (C=O) groups is 1. The first-order chi connectivity index (χ1) is 11.3. The van der Waals surface area contributed by atoms with Gasteiger partial charge in [-0.25, -0.2) is 0 Å². The molecule has 4 heteroatoms. The lowest BCUT2D eigenvalue weighted by molar-refractivity contribution is -0.136. The maximum Gasteiger partial charge on any atom is 0.240 e. The Morgan fingerprint density at radius 2 is 2.09 bits per heavy atom. The largest absolute Gasteiger partial charge is 0.394 e. The maximum atomic E-state index is 12.7. The van der Waals surface area contributed by atoms with Crippen LogP contribution in [0.5, 0.6) is 0 Å². The Hall–Kier alpha value is -1.39. The minimum atomic E-state index is -0.0586. The van der Waals surface area contributed by atoms with Crippen LogP contribution in [0, 0.1) is 5.92 Å². The van der Waals surface area contributed by atoms with Crippen molar-refractivity contribution in [2.75, 3.05) is 19.7 Å². The van der Waals surface area contributed by atoms with Gasteiger partial charge in [0.25, 0.3) is 0 Å². The second kappa shape index (κ2) is 7.93. The molecule has 2 unspecified atom stereocenters. The first-order valence-electron chi connectivity index (χ1n) is 8.96. The fourth-order valence-electron chi connectivity index (χ4n) is 3.98. The van der Waals surface area contributed by atoms with Gasteiger partial charge in [0.2, 0.25) is 5.91 Å². The highest BCUT2D eigenvalue weighted by Crippen LogP contribution is 2.25. The Labute approximate surface area is 138 Å². The predicted molar refractivity (Wildman–Crippen MR) is 91.1 cm³/mol. The third kappa shape index (κ3) is 4.12. The lowest BCUT2D eigenvalue weighted by atomic mass is 9.87. The van der Waals surface area contributed by atoms with E-state index < -0.39 is 0 Å². The van der Waals surface area contributed by atoms with E-state index in [2.05, 4.69) is 35.6 Å². The van der Waals surface area contributed by atoms with Crippen LogP contribution in [-0.2, 0) is 11.2 Å². The number of amides is 1. The molecule has 0 bridgehead atoms. The summed E-state index contributed by atoms with van der Waals surface area (Å²) in [4.78, 5) is 14.6. The van der Waals surface area contributed by atoms with E-state index in [1.165, 1.54) is 5.56 Å². The van der Waals surface area contributed by atoms with Gasteiger partial charge in [0, 0.05) is 6.54 Å². The van der Waals surface area contributed by atoms with Crippen molar-refractivity contribution in [3.63, 3.8) is 0 Å². The normalized spacial score (nSPS) is 28.0. The van der Waals surface area contributed by atoms with Crippen LogP contribution in [-0.4, -0.2) is 47.7 Å². The summed E-state index contributed by atoms with van der Waals surface area (Å²) in [5.74, 6) is 0.812. The smallest absolute Gasteiger partial charge is 0.240 e. The molecule has 1 aromatic rings. The Kier molecular flexibility index (Phi) is 5.68. The van der Waals surface area contributed by atoms with E-state index >= 15 is 0 Å². The van der Waals surface area contributed by atoms with Gasteiger partial charge < -0.3 is 15.3 Å². The van der Waals surface area contributed by atoms with Crippen molar-refractivity contribution in [1.82, 2.24) is 10.2 Å². The minimum Gasteiger partial charge on any atom is -0.394 e. The van der Waals surface area contributed by atoms with Crippen molar-refractivity contribution in [2.24, 2.45) is 5.92 Å². The highest BCUT2D eigenvalue weighted by molar-refractivity contribution is 5.82. The number of piperidine rings is 1. The number of rotatable bonds is 5. The Balaban J connectivity index is 1.52. The van der Waals surface area contributed by atoms with Crippen LogP contribution in [0.2, 0.25) is 0 Å². The van der Waals surface area contributed by atoms with Crippen LogP contribution in [0.15, 0.2) is 30.3 Å². The Morgan fingerprint density at radius 1 is 1.26 bits per heavy atom. The quantitative estimate of drug-likeness (QED) is 0.873. The van der Waals surface area contributed by atoms with Gasteiger partial charge in [-0.1, -0.05) is 30.3 Å². The summed E-state index contributed by atoms with van der Waals surface area (Å²) in [5.41, 5.74) is 1.38. The summed E-state index contributed by atoms with van der Waals surface area (Å²) >= 11 is 0. The summed E-state index contributed by atoms with van der Waals surface area (Å²) in [6.07, 6.45) is 6.28. The molecule has 4 nitrogen and oxygen atoms in total. The molecule has 23 heavy (non-hydrogen) atoms. The third-order valence-corrected chi connectivity index (χ3v) is 5.37. The number of carbonyl (C=O) groups excluding carboxylic acids is 1. The molecule has 0 aliphatic carbocycles. The van der Waals surface area contributed by atoms with Gasteiger partial charge in [-0.15, -0.1) is 0 Å². The van der Waals surface area contributed by atoms with E-state index in [1.807, 2.05) is 4.90 Å². The lowest BCUT2D eigenvalue weighted by Gasteiger charge is -2.34. The monoisotopic (exact) mass is 316 g/mol. The fourth-order valence-corrected chi connectivity index (χ4v) is 3.98. The van der Waals surface area contributed by atoms with Crippen LogP contribution in [0.1, 0.15) is 37.7 Å². The molecule has 0 aromatic heterocycles. The third-order valence-electron chi connectivity index (χ3n) is 5.37. The molecule has 3 rings (SSSR count). The van der Waals surface area contributed by atoms with Crippen molar-refractivity contribution in [3.8, 4) is 0 Å². The van der Waals surface area contributed by atoms with E-state index in [0.717, 1.165) is 51.6 Å². The Morgan fingerprint density at radius 3 is 2.87 bits per heavy atom. The van der Waals surface area contributed by atoms with Crippen molar-refractivity contribution in [1.29, 1.82) is 0 Å². The molecular weight excluding hydrogens is 288 g/mol. The molecule has 2 fully saturated rings. The van der Waals surface area contributed by atoms with E-state index in [1.54, 1.807) is 0 Å². The summed E-state index contributed by atoms with van der Waals surface area (Å²) in [6, 6.07) is 10.6. The zero-order valence-corrected chi connectivity index (χ0v) is 13.8. The molecule has 2 saturated heterocycles. The first-order valence-corrected chi connectivity index (χ1v) is 8.96. The molecule has 0 spiro atoms. The molecule has 3 atom stereocenters. The van der Waals surface area contributed by atoms with Crippen molar-refractivity contribution in [2.45, 2.75) is 50.6 Å². The molecule has 2 heterocycles. The zero-order valence-electron chi connectivity index (χ0n) is 13.8. The first kappa shape index (κ1) is 16.5. The molecule has 0 saturated carbocycles. The number of aliphatic hydroxyl groups is 1. The van der Waals surface area contributed by atoms with Crippen LogP contribution in [0.25, 0.3) is 0 Å². The summed E-state index contributed by atoms with van der Waals surface area (Å²) in [5, 5.41) is 12.8. The van der Waals surface area contributed by atoms with Crippen molar-refractivity contribution in [3.05, 3.63) is 35.9 Å². The number of nitrogens with zero attached hydrogens (tertiary/aromatic N) is 1. The number of likely N-dealkylation sites (tertiary alicyclic amines) is 1. The van der Waals surface area contributed by atoms with Gasteiger partial charge >= 0.3 is 0 Å². The molecule has 2 aliphatic heterocycles. The standard InChI is InChI=1S/C19H28N2O2/c22-14-17-7-4-12-21(17)19(23)18-13-16(10-11-20-18)9-8-15-5-2-1-3-6-15/h1-3,5-6,16-18,20,22H,4,7-14H2/t16?,17-,18?/m0/s1. The zero-order chi connectivity index (χ0) is 16.1. The fraction of sp³-hybridized carbons (Fsp3) is 0.632. The minimum absolute atomic E-state index is 0.0361.